The van der Waals surface area contributed by atoms with E-state index < -0.39 is 0 Å². The summed E-state index contributed by atoms with van der Waals surface area (Å²) in [7, 11) is 0. The van der Waals surface area contributed by atoms with Crippen LogP contribution in [0.1, 0.15) is 43.6 Å². The van der Waals surface area contributed by atoms with Crippen LogP contribution in [0.15, 0.2) is 24.3 Å². The minimum absolute atomic E-state index is 0.0677. The van der Waals surface area contributed by atoms with E-state index in [1.54, 1.807) is 0 Å². The third kappa shape index (κ3) is 2.16. The van der Waals surface area contributed by atoms with Crippen LogP contribution in [0.5, 0.6) is 0 Å². The number of aromatic nitrogens is 3. The fraction of sp³-hybridized carbons (Fsp3) is 0.429. The first kappa shape index (κ1) is 12.8. The van der Waals surface area contributed by atoms with Crippen molar-refractivity contribution in [3.8, 4) is 5.69 Å². The van der Waals surface area contributed by atoms with Gasteiger partial charge in [0.1, 0.15) is 5.69 Å². The van der Waals surface area contributed by atoms with E-state index in [-0.39, 0.29) is 12.5 Å². The van der Waals surface area contributed by atoms with Gasteiger partial charge in [0.05, 0.1) is 18.0 Å². The molecule has 0 atom stereocenters. The zero-order valence-electron chi connectivity index (χ0n) is 11.1. The smallest absolute Gasteiger partial charge is 0.112 e. The van der Waals surface area contributed by atoms with Gasteiger partial charge in [0, 0.05) is 0 Å². The molecule has 1 aromatic carbocycles. The molecule has 0 unspecified atom stereocenters. The molecule has 0 saturated heterocycles. The first-order valence-electron chi connectivity index (χ1n) is 6.32. The highest BCUT2D eigenvalue weighted by Crippen LogP contribution is 2.23. The van der Waals surface area contributed by atoms with Gasteiger partial charge in [0.25, 0.3) is 0 Å². The van der Waals surface area contributed by atoms with Crippen molar-refractivity contribution in [1.82, 2.24) is 15.0 Å². The first-order chi connectivity index (χ1) is 8.69. The lowest BCUT2D eigenvalue weighted by Crippen LogP contribution is -2.07. The van der Waals surface area contributed by atoms with Crippen LogP contribution in [-0.2, 0) is 13.0 Å². The molecule has 4 nitrogen and oxygen atoms in total. The van der Waals surface area contributed by atoms with Crippen molar-refractivity contribution < 1.29 is 5.11 Å². The van der Waals surface area contributed by atoms with E-state index in [0.29, 0.717) is 5.69 Å². The van der Waals surface area contributed by atoms with Crippen LogP contribution >= 0.6 is 0 Å². The van der Waals surface area contributed by atoms with Crippen LogP contribution in [0, 0.1) is 0 Å². The summed E-state index contributed by atoms with van der Waals surface area (Å²) in [5, 5.41) is 17.6. The number of hydrogen-bond acceptors (Lipinski definition) is 3. The maximum absolute atomic E-state index is 9.34. The number of aryl methyl sites for hydroxylation is 1. The maximum atomic E-state index is 9.34. The number of benzene rings is 1. The molecule has 0 amide bonds. The molecule has 2 aromatic rings. The predicted octanol–water partition coefficient (Wildman–Crippen LogP) is 2.45. The molecule has 0 aliphatic rings. The number of hydrogen-bond donors (Lipinski definition) is 1. The number of para-hydroxylation sites is 1. The molecule has 1 aromatic heterocycles. The highest BCUT2D eigenvalue weighted by atomic mass is 16.3. The Morgan fingerprint density at radius 1 is 1.28 bits per heavy atom. The topological polar surface area (TPSA) is 50.9 Å². The average molecular weight is 245 g/mol. The normalized spacial score (nSPS) is 11.2. The second-order valence-corrected chi connectivity index (χ2v) is 4.63. The molecule has 2 rings (SSSR count). The standard InChI is InChI=1S/C14H19N3O/c1-4-11-7-5-6-8-13(11)17-14(10(2)3)12(9-18)15-16-17/h5-8,10,18H,4,9H2,1-3H3. The van der Waals surface area contributed by atoms with Gasteiger partial charge in [0.15, 0.2) is 0 Å². The fourth-order valence-corrected chi connectivity index (χ4v) is 2.21. The molecule has 0 saturated carbocycles. The Morgan fingerprint density at radius 3 is 2.61 bits per heavy atom. The minimum Gasteiger partial charge on any atom is -0.390 e. The lowest BCUT2D eigenvalue weighted by Gasteiger charge is -2.13. The van der Waals surface area contributed by atoms with Crippen LogP contribution < -0.4 is 0 Å². The fourth-order valence-electron chi connectivity index (χ4n) is 2.21. The molecule has 1 N–H and O–H groups in total. The van der Waals surface area contributed by atoms with Crippen molar-refractivity contribution in [3.63, 3.8) is 0 Å². The van der Waals surface area contributed by atoms with Crippen LogP contribution in [0.4, 0.5) is 0 Å². The van der Waals surface area contributed by atoms with E-state index in [1.165, 1.54) is 5.56 Å². The number of aliphatic hydroxyl groups excluding tert-OH is 1. The minimum atomic E-state index is -0.0677. The molecule has 0 spiro atoms. The van der Waals surface area contributed by atoms with Gasteiger partial charge in [-0.15, -0.1) is 5.10 Å². The zero-order valence-corrected chi connectivity index (χ0v) is 11.1. The summed E-state index contributed by atoms with van der Waals surface area (Å²) >= 11 is 0. The van der Waals surface area contributed by atoms with E-state index in [1.807, 2.05) is 22.9 Å². The molecule has 1 heterocycles. The molecule has 0 radical (unpaired) electrons. The van der Waals surface area contributed by atoms with E-state index in [9.17, 15) is 5.11 Å². The van der Waals surface area contributed by atoms with Crippen molar-refractivity contribution in [3.05, 3.63) is 41.2 Å². The zero-order chi connectivity index (χ0) is 13.1. The quantitative estimate of drug-likeness (QED) is 0.900. The van der Waals surface area contributed by atoms with Crippen LogP contribution in [-0.4, -0.2) is 20.1 Å². The maximum Gasteiger partial charge on any atom is 0.112 e. The van der Waals surface area contributed by atoms with Crippen molar-refractivity contribution in [2.24, 2.45) is 0 Å². The van der Waals surface area contributed by atoms with Crippen molar-refractivity contribution in [2.45, 2.75) is 39.7 Å². The SMILES string of the molecule is CCc1ccccc1-n1nnc(CO)c1C(C)C. The number of nitrogens with zero attached hydrogens (tertiary/aromatic N) is 3. The number of rotatable bonds is 4. The summed E-state index contributed by atoms with van der Waals surface area (Å²) in [4.78, 5) is 0. The van der Waals surface area contributed by atoms with E-state index in [4.69, 9.17) is 0 Å². The molecular weight excluding hydrogens is 226 g/mol. The van der Waals surface area contributed by atoms with E-state index >= 15 is 0 Å². The third-order valence-corrected chi connectivity index (χ3v) is 3.08. The summed E-state index contributed by atoms with van der Waals surface area (Å²) in [5.74, 6) is 0.270. The largest absolute Gasteiger partial charge is 0.390 e. The summed E-state index contributed by atoms with van der Waals surface area (Å²) < 4.78 is 1.86. The van der Waals surface area contributed by atoms with Gasteiger partial charge in [-0.1, -0.05) is 44.2 Å². The Hall–Kier alpha value is -1.68. The Kier molecular flexibility index (Phi) is 3.77. The van der Waals surface area contributed by atoms with Gasteiger partial charge in [-0.05, 0) is 24.0 Å². The molecule has 0 aliphatic heterocycles. The average Bonchev–Trinajstić information content (AvgIpc) is 2.82. The van der Waals surface area contributed by atoms with Crippen LogP contribution in [0.3, 0.4) is 0 Å². The van der Waals surface area contributed by atoms with Crippen LogP contribution in [0.2, 0.25) is 0 Å². The van der Waals surface area contributed by atoms with Gasteiger partial charge in [-0.3, -0.25) is 0 Å². The predicted molar refractivity (Wildman–Crippen MR) is 70.7 cm³/mol. The van der Waals surface area contributed by atoms with Gasteiger partial charge < -0.3 is 5.11 Å². The summed E-state index contributed by atoms with van der Waals surface area (Å²) in [5.41, 5.74) is 3.93. The molecular formula is C14H19N3O. The van der Waals surface area contributed by atoms with E-state index in [2.05, 4.69) is 37.1 Å². The van der Waals surface area contributed by atoms with Crippen molar-refractivity contribution in [1.29, 1.82) is 0 Å². The van der Waals surface area contributed by atoms with Gasteiger partial charge in [0.2, 0.25) is 0 Å². The molecule has 0 bridgehead atoms. The van der Waals surface area contributed by atoms with Gasteiger partial charge in [-0.2, -0.15) is 0 Å². The monoisotopic (exact) mass is 245 g/mol. The van der Waals surface area contributed by atoms with Crippen LogP contribution in [0.25, 0.3) is 5.69 Å². The summed E-state index contributed by atoms with van der Waals surface area (Å²) in [6, 6.07) is 8.17. The second-order valence-electron chi connectivity index (χ2n) is 4.63. The lowest BCUT2D eigenvalue weighted by atomic mass is 10.1. The molecule has 0 aliphatic carbocycles. The first-order valence-corrected chi connectivity index (χ1v) is 6.32. The number of aliphatic hydroxyl groups is 1. The third-order valence-electron chi connectivity index (χ3n) is 3.08. The molecule has 96 valence electrons. The molecule has 4 heteroatoms. The summed E-state index contributed by atoms with van der Waals surface area (Å²) in [6.07, 6.45) is 0.946. The van der Waals surface area contributed by atoms with Gasteiger partial charge >= 0.3 is 0 Å². The van der Waals surface area contributed by atoms with E-state index in [0.717, 1.165) is 17.8 Å². The lowest BCUT2D eigenvalue weighted by molar-refractivity contribution is 0.275. The Balaban J connectivity index is 2.60. The highest BCUT2D eigenvalue weighted by Gasteiger charge is 2.17. The second kappa shape index (κ2) is 5.31. The van der Waals surface area contributed by atoms with Gasteiger partial charge in [-0.25, -0.2) is 4.68 Å². The Labute approximate surface area is 107 Å². The molecule has 18 heavy (non-hydrogen) atoms. The van der Waals surface area contributed by atoms with Crippen molar-refractivity contribution >= 4 is 0 Å². The Morgan fingerprint density at radius 2 is 2.00 bits per heavy atom. The van der Waals surface area contributed by atoms with Crippen molar-refractivity contribution in [2.75, 3.05) is 0 Å². The highest BCUT2D eigenvalue weighted by molar-refractivity contribution is 5.42. The summed E-state index contributed by atoms with van der Waals surface area (Å²) in [6.45, 7) is 6.23. The molecule has 0 fully saturated rings. The Bertz CT molecular complexity index is 532.